The van der Waals surface area contributed by atoms with Gasteiger partial charge in [-0.2, -0.15) is 0 Å². The first-order chi connectivity index (χ1) is 15.7. The van der Waals surface area contributed by atoms with E-state index in [1.807, 2.05) is 42.6 Å². The van der Waals surface area contributed by atoms with E-state index in [1.54, 1.807) is 30.6 Å². The summed E-state index contributed by atoms with van der Waals surface area (Å²) in [5.41, 5.74) is 6.96. The molecule has 1 aliphatic heterocycles. The van der Waals surface area contributed by atoms with Gasteiger partial charge in [0.2, 0.25) is 0 Å². The van der Waals surface area contributed by atoms with Crippen LogP contribution in [0.1, 0.15) is 11.1 Å². The van der Waals surface area contributed by atoms with Gasteiger partial charge in [0.15, 0.2) is 0 Å². The van der Waals surface area contributed by atoms with Crippen LogP contribution in [0.4, 0.5) is 4.39 Å². The predicted octanol–water partition coefficient (Wildman–Crippen LogP) is 4.99. The molecule has 0 amide bonds. The Labute approximate surface area is 186 Å². The van der Waals surface area contributed by atoms with E-state index in [4.69, 9.17) is 10.1 Å². The first-order valence-corrected chi connectivity index (χ1v) is 9.92. The highest BCUT2D eigenvalue weighted by atomic mass is 19.1. The summed E-state index contributed by atoms with van der Waals surface area (Å²) < 4.78 is 19.1. The number of benzene rings is 1. The molecule has 1 aromatic carbocycles. The summed E-state index contributed by atoms with van der Waals surface area (Å²) in [5.74, 6) is -0.337. The minimum atomic E-state index is -0.337. The summed E-state index contributed by atoms with van der Waals surface area (Å²) >= 11 is 0. The standard InChI is InChI=1S/C26H23FN4O/c1-29-13-4-2-3-5-17-32-19-20-10-16-31-24(18-20)25(21-11-14-30-15-12-21)26(28)22-6-8-23(27)9-7-22/h2-3,5-16,18,28,31H,1,17,19H2/b5-3+,25-24-,28-26?. The zero-order chi connectivity index (χ0) is 22.6. The quantitative estimate of drug-likeness (QED) is 0.257. The van der Waals surface area contributed by atoms with E-state index in [2.05, 4.69) is 27.7 Å². The molecule has 0 saturated heterocycles. The third kappa shape index (κ3) is 6.44. The topological polar surface area (TPSA) is 70.4 Å². The van der Waals surface area contributed by atoms with E-state index in [0.717, 1.165) is 16.8 Å². The lowest BCUT2D eigenvalue weighted by Crippen LogP contribution is -2.16. The molecule has 2 N–H and O–H groups in total. The largest absolute Gasteiger partial charge is 0.373 e. The van der Waals surface area contributed by atoms with Crippen molar-refractivity contribution in [3.05, 3.63) is 126 Å². The van der Waals surface area contributed by atoms with Gasteiger partial charge in [0.05, 0.1) is 25.1 Å². The highest BCUT2D eigenvalue weighted by Gasteiger charge is 2.17. The first kappa shape index (κ1) is 22.6. The minimum Gasteiger partial charge on any atom is -0.373 e. The van der Waals surface area contributed by atoms with Gasteiger partial charge in [-0.1, -0.05) is 12.2 Å². The van der Waals surface area contributed by atoms with Crippen molar-refractivity contribution in [2.24, 2.45) is 4.99 Å². The normalized spacial score (nSPS) is 14.2. The number of allylic oxidation sites excluding steroid dienone is 4. The Hall–Kier alpha value is -4.12. The number of dihydropyridines is 1. The second-order valence-electron chi connectivity index (χ2n) is 6.69. The molecule has 1 aromatic heterocycles. The van der Waals surface area contributed by atoms with Gasteiger partial charge in [0, 0.05) is 35.4 Å². The fraction of sp³-hybridized carbons (Fsp3) is 0.0769. The second kappa shape index (κ2) is 11.9. The number of hydrogen-bond acceptors (Lipinski definition) is 5. The molecule has 1 aliphatic rings. The van der Waals surface area contributed by atoms with E-state index in [-0.39, 0.29) is 11.5 Å². The van der Waals surface area contributed by atoms with E-state index in [9.17, 15) is 4.39 Å². The van der Waals surface area contributed by atoms with Gasteiger partial charge in [-0.05, 0) is 72.5 Å². The Balaban J connectivity index is 1.82. The predicted molar refractivity (Wildman–Crippen MR) is 127 cm³/mol. The summed E-state index contributed by atoms with van der Waals surface area (Å²) in [7, 11) is 0. The van der Waals surface area contributed by atoms with Crippen LogP contribution in [-0.4, -0.2) is 30.6 Å². The van der Waals surface area contributed by atoms with Crippen LogP contribution in [0, 0.1) is 11.2 Å². The Morgan fingerprint density at radius 1 is 1.19 bits per heavy atom. The average molecular weight is 426 g/mol. The summed E-state index contributed by atoms with van der Waals surface area (Å²) in [6, 6.07) is 9.61. The van der Waals surface area contributed by atoms with Gasteiger partial charge >= 0.3 is 0 Å². The Morgan fingerprint density at radius 3 is 2.72 bits per heavy atom. The molecule has 5 nitrogen and oxygen atoms in total. The molecule has 32 heavy (non-hydrogen) atoms. The molecule has 3 rings (SSSR count). The fourth-order valence-corrected chi connectivity index (χ4v) is 2.98. The number of hydrogen-bond donors (Lipinski definition) is 2. The molecule has 0 spiro atoms. The van der Waals surface area contributed by atoms with Crippen LogP contribution in [0.5, 0.6) is 0 Å². The molecule has 0 unspecified atom stereocenters. The Bertz CT molecular complexity index is 1140. The van der Waals surface area contributed by atoms with Gasteiger partial charge in [0.25, 0.3) is 0 Å². The molecule has 0 bridgehead atoms. The maximum absolute atomic E-state index is 13.4. The molecule has 160 valence electrons. The molecular weight excluding hydrogens is 403 g/mol. The van der Waals surface area contributed by atoms with Crippen LogP contribution in [-0.2, 0) is 4.74 Å². The first-order valence-electron chi connectivity index (χ1n) is 9.92. The zero-order valence-corrected chi connectivity index (χ0v) is 17.5. The highest BCUT2D eigenvalue weighted by Crippen LogP contribution is 2.25. The smallest absolute Gasteiger partial charge is 0.123 e. The molecule has 0 saturated carbocycles. The van der Waals surface area contributed by atoms with Crippen LogP contribution in [0.25, 0.3) is 5.57 Å². The Kier molecular flexibility index (Phi) is 8.40. The molecule has 6 heteroatoms. The number of pyridine rings is 1. The Morgan fingerprint density at radius 2 is 1.97 bits per heavy atom. The maximum Gasteiger partial charge on any atom is 0.123 e. The van der Waals surface area contributed by atoms with E-state index >= 15 is 0 Å². The van der Waals surface area contributed by atoms with E-state index in [0.29, 0.717) is 24.4 Å². The lowest BCUT2D eigenvalue weighted by molar-refractivity contribution is 0.189. The van der Waals surface area contributed by atoms with Crippen molar-refractivity contribution in [2.75, 3.05) is 13.2 Å². The number of nitrogens with one attached hydrogen (secondary N) is 2. The minimum absolute atomic E-state index is 0.280. The van der Waals surface area contributed by atoms with Crippen molar-refractivity contribution in [3.63, 3.8) is 0 Å². The van der Waals surface area contributed by atoms with Crippen molar-refractivity contribution in [1.29, 1.82) is 5.41 Å². The molecule has 0 fully saturated rings. The van der Waals surface area contributed by atoms with Crippen LogP contribution in [0.3, 0.4) is 0 Å². The molecule has 2 heterocycles. The van der Waals surface area contributed by atoms with Crippen molar-refractivity contribution >= 4 is 18.0 Å². The van der Waals surface area contributed by atoms with Crippen LogP contribution < -0.4 is 5.32 Å². The molecule has 2 aromatic rings. The molecule has 0 aliphatic carbocycles. The monoisotopic (exact) mass is 426 g/mol. The number of rotatable bonds is 9. The third-order valence-electron chi connectivity index (χ3n) is 4.46. The summed E-state index contributed by atoms with van der Waals surface area (Å²) in [6.07, 6.45) is 16.0. The third-order valence-corrected chi connectivity index (χ3v) is 4.46. The van der Waals surface area contributed by atoms with Crippen LogP contribution >= 0.6 is 0 Å². The number of ether oxygens (including phenoxy) is 1. The SMILES string of the molecule is C=NC=C=C/C=C/COCC1=C/C(=C(/C(=N)c2ccc(F)cc2)c2ccncc2)NC=C1. The van der Waals surface area contributed by atoms with Gasteiger partial charge in [-0.3, -0.25) is 15.4 Å². The van der Waals surface area contributed by atoms with Crippen molar-refractivity contribution in [3.8, 4) is 0 Å². The second-order valence-corrected chi connectivity index (χ2v) is 6.69. The number of halogens is 1. The van der Waals surface area contributed by atoms with Crippen LogP contribution in [0.2, 0.25) is 0 Å². The van der Waals surface area contributed by atoms with Gasteiger partial charge in [-0.25, -0.2) is 4.39 Å². The average Bonchev–Trinajstić information content (AvgIpc) is 2.82. The lowest BCUT2D eigenvalue weighted by atomic mass is 9.93. The number of aliphatic imine (C=N–C) groups is 1. The lowest BCUT2D eigenvalue weighted by Gasteiger charge is -2.18. The van der Waals surface area contributed by atoms with Crippen LogP contribution in [0.15, 0.2) is 114 Å². The highest BCUT2D eigenvalue weighted by molar-refractivity contribution is 6.31. The van der Waals surface area contributed by atoms with Gasteiger partial charge < -0.3 is 10.1 Å². The van der Waals surface area contributed by atoms with Gasteiger partial charge in [0.1, 0.15) is 5.82 Å². The van der Waals surface area contributed by atoms with Crippen molar-refractivity contribution in [2.45, 2.75) is 0 Å². The molecular formula is C26H23FN4O. The van der Waals surface area contributed by atoms with Crippen molar-refractivity contribution in [1.82, 2.24) is 10.3 Å². The van der Waals surface area contributed by atoms with Gasteiger partial charge in [-0.15, -0.1) is 5.73 Å². The van der Waals surface area contributed by atoms with E-state index < -0.39 is 0 Å². The zero-order valence-electron chi connectivity index (χ0n) is 17.5. The summed E-state index contributed by atoms with van der Waals surface area (Å²) in [6.45, 7) is 4.19. The molecule has 0 atom stereocenters. The molecule has 0 radical (unpaired) electrons. The van der Waals surface area contributed by atoms with Crippen molar-refractivity contribution < 1.29 is 9.13 Å². The maximum atomic E-state index is 13.4. The number of aromatic nitrogens is 1. The summed E-state index contributed by atoms with van der Waals surface area (Å²) in [4.78, 5) is 7.64. The number of nitrogens with zero attached hydrogens (tertiary/aromatic N) is 2. The summed E-state index contributed by atoms with van der Waals surface area (Å²) in [5, 5.41) is 12.0. The van der Waals surface area contributed by atoms with E-state index in [1.165, 1.54) is 18.3 Å². The fourth-order valence-electron chi connectivity index (χ4n) is 2.98.